The molecule has 1 amide bonds. The van der Waals surface area contributed by atoms with E-state index in [2.05, 4.69) is 5.32 Å². The fourth-order valence-electron chi connectivity index (χ4n) is 3.10. The highest BCUT2D eigenvalue weighted by Crippen LogP contribution is 2.39. The number of carbonyl (C=O) groups is 2. The van der Waals surface area contributed by atoms with Crippen LogP contribution in [0.15, 0.2) is 29.8 Å². The van der Waals surface area contributed by atoms with Crippen molar-refractivity contribution in [3.63, 3.8) is 0 Å². The first kappa shape index (κ1) is 19.6. The smallest absolute Gasteiger partial charge is 0.341 e. The predicted molar refractivity (Wildman–Crippen MR) is 108 cm³/mol. The Morgan fingerprint density at radius 1 is 1.29 bits per heavy atom. The van der Waals surface area contributed by atoms with Crippen LogP contribution < -0.4 is 10.1 Å². The average Bonchev–Trinajstić information content (AvgIpc) is 3.27. The van der Waals surface area contributed by atoms with E-state index < -0.39 is 11.9 Å². The van der Waals surface area contributed by atoms with Crippen LogP contribution in [0, 0.1) is 11.3 Å². The Balaban J connectivity index is 1.86. The number of hydrogen-bond donors (Lipinski definition) is 1. The molecule has 0 saturated heterocycles. The van der Waals surface area contributed by atoms with Crippen LogP contribution in [0.2, 0.25) is 0 Å². The summed E-state index contributed by atoms with van der Waals surface area (Å²) in [6.07, 6.45) is 4.17. The number of esters is 1. The van der Waals surface area contributed by atoms with Crippen molar-refractivity contribution in [1.29, 1.82) is 5.26 Å². The summed E-state index contributed by atoms with van der Waals surface area (Å²) in [4.78, 5) is 26.2. The van der Waals surface area contributed by atoms with E-state index in [4.69, 9.17) is 9.47 Å². The molecule has 28 heavy (non-hydrogen) atoms. The number of nitrogens with zero attached hydrogens (tertiary/aromatic N) is 1. The van der Waals surface area contributed by atoms with Gasteiger partial charge in [0.05, 0.1) is 19.3 Å². The van der Waals surface area contributed by atoms with Gasteiger partial charge in [-0.3, -0.25) is 4.79 Å². The fourth-order valence-corrected chi connectivity index (χ4v) is 4.37. The number of ether oxygens (including phenoxy) is 2. The molecule has 0 radical (unpaired) electrons. The minimum Gasteiger partial charge on any atom is -0.497 e. The van der Waals surface area contributed by atoms with E-state index in [0.29, 0.717) is 21.9 Å². The summed E-state index contributed by atoms with van der Waals surface area (Å²) < 4.78 is 10.3. The third kappa shape index (κ3) is 4.07. The molecular formula is C21H20N2O4S. The number of thiophene rings is 1. The van der Waals surface area contributed by atoms with Gasteiger partial charge in [0.15, 0.2) is 0 Å². The number of hydrogen-bond acceptors (Lipinski definition) is 6. The zero-order valence-corrected chi connectivity index (χ0v) is 16.5. The number of anilines is 1. The van der Waals surface area contributed by atoms with Gasteiger partial charge in [-0.1, -0.05) is 12.1 Å². The lowest BCUT2D eigenvalue weighted by atomic mass is 10.1. The molecule has 7 heteroatoms. The first-order chi connectivity index (χ1) is 13.6. The molecule has 1 N–H and O–H groups in total. The molecule has 0 unspecified atom stereocenters. The van der Waals surface area contributed by atoms with Crippen LogP contribution in [-0.4, -0.2) is 25.6 Å². The van der Waals surface area contributed by atoms with Gasteiger partial charge in [0.25, 0.3) is 5.91 Å². The molecule has 0 saturated carbocycles. The first-order valence-electron chi connectivity index (χ1n) is 8.96. The molecular weight excluding hydrogens is 376 g/mol. The van der Waals surface area contributed by atoms with Gasteiger partial charge in [-0.05, 0) is 55.5 Å². The molecule has 1 heterocycles. The number of rotatable bonds is 6. The number of carbonyl (C=O) groups excluding carboxylic acids is 2. The minimum atomic E-state index is -0.552. The maximum atomic E-state index is 12.7. The summed E-state index contributed by atoms with van der Waals surface area (Å²) in [6, 6.07) is 8.95. The number of aryl methyl sites for hydroxylation is 1. The van der Waals surface area contributed by atoms with E-state index in [-0.39, 0.29) is 12.2 Å². The van der Waals surface area contributed by atoms with E-state index in [1.165, 1.54) is 17.4 Å². The van der Waals surface area contributed by atoms with E-state index in [1.807, 2.05) is 6.07 Å². The van der Waals surface area contributed by atoms with Crippen molar-refractivity contribution >= 4 is 34.3 Å². The zero-order valence-electron chi connectivity index (χ0n) is 15.7. The molecule has 0 spiro atoms. The highest BCUT2D eigenvalue weighted by atomic mass is 32.1. The van der Waals surface area contributed by atoms with Crippen LogP contribution in [0.25, 0.3) is 6.08 Å². The first-order valence-corrected chi connectivity index (χ1v) is 9.77. The van der Waals surface area contributed by atoms with Gasteiger partial charge in [-0.25, -0.2) is 4.79 Å². The van der Waals surface area contributed by atoms with Crippen molar-refractivity contribution in [2.45, 2.75) is 26.2 Å². The Labute approximate surface area is 167 Å². The maximum Gasteiger partial charge on any atom is 0.341 e. The summed E-state index contributed by atoms with van der Waals surface area (Å²) >= 11 is 1.38. The van der Waals surface area contributed by atoms with Gasteiger partial charge in [0.2, 0.25) is 0 Å². The Hall–Kier alpha value is -3.11. The van der Waals surface area contributed by atoms with Crippen molar-refractivity contribution in [2.75, 3.05) is 19.0 Å². The van der Waals surface area contributed by atoms with Gasteiger partial charge in [-0.15, -0.1) is 11.3 Å². The van der Waals surface area contributed by atoms with Crippen LogP contribution in [0.1, 0.15) is 39.7 Å². The van der Waals surface area contributed by atoms with E-state index >= 15 is 0 Å². The van der Waals surface area contributed by atoms with Crippen LogP contribution in [0.3, 0.4) is 0 Å². The normalized spacial score (nSPS) is 12.8. The van der Waals surface area contributed by atoms with Crippen molar-refractivity contribution in [3.05, 3.63) is 51.4 Å². The Bertz CT molecular complexity index is 968. The largest absolute Gasteiger partial charge is 0.497 e. The van der Waals surface area contributed by atoms with Crippen molar-refractivity contribution < 1.29 is 19.1 Å². The number of benzene rings is 1. The highest BCUT2D eigenvalue weighted by Gasteiger charge is 2.28. The molecule has 1 aromatic carbocycles. The number of nitrogens with one attached hydrogen (secondary N) is 1. The van der Waals surface area contributed by atoms with Crippen LogP contribution in [-0.2, 0) is 22.4 Å². The molecule has 0 bridgehead atoms. The van der Waals surface area contributed by atoms with E-state index in [9.17, 15) is 14.9 Å². The molecule has 144 valence electrons. The molecule has 0 fully saturated rings. The Morgan fingerprint density at radius 2 is 2.04 bits per heavy atom. The van der Waals surface area contributed by atoms with Crippen molar-refractivity contribution in [2.24, 2.45) is 0 Å². The number of amides is 1. The third-order valence-electron chi connectivity index (χ3n) is 4.42. The van der Waals surface area contributed by atoms with Gasteiger partial charge in [-0.2, -0.15) is 5.26 Å². The van der Waals surface area contributed by atoms with Crippen molar-refractivity contribution in [1.82, 2.24) is 0 Å². The van der Waals surface area contributed by atoms with Crippen LogP contribution >= 0.6 is 11.3 Å². The monoisotopic (exact) mass is 396 g/mol. The van der Waals surface area contributed by atoms with Gasteiger partial charge < -0.3 is 14.8 Å². The Kier molecular flexibility index (Phi) is 6.12. The van der Waals surface area contributed by atoms with E-state index in [1.54, 1.807) is 38.3 Å². The summed E-state index contributed by atoms with van der Waals surface area (Å²) in [7, 11) is 1.57. The SMILES string of the molecule is CCOC(=O)c1c(NC(=O)/C(C#N)=C\c2ccc(OC)cc2)sc2c1CCC2. The third-order valence-corrected chi connectivity index (χ3v) is 5.63. The lowest BCUT2D eigenvalue weighted by molar-refractivity contribution is -0.112. The van der Waals surface area contributed by atoms with Gasteiger partial charge in [0.1, 0.15) is 22.4 Å². The molecule has 1 aromatic heterocycles. The average molecular weight is 396 g/mol. The topological polar surface area (TPSA) is 88.4 Å². The van der Waals surface area contributed by atoms with Crippen LogP contribution in [0.4, 0.5) is 5.00 Å². The van der Waals surface area contributed by atoms with Gasteiger partial charge >= 0.3 is 5.97 Å². The quantitative estimate of drug-likeness (QED) is 0.453. The summed E-state index contributed by atoms with van der Waals surface area (Å²) in [5, 5.41) is 12.6. The number of fused-ring (bicyclic) bond motifs is 1. The summed E-state index contributed by atoms with van der Waals surface area (Å²) in [5.41, 5.74) is 2.03. The summed E-state index contributed by atoms with van der Waals surface area (Å²) in [6.45, 7) is 2.01. The van der Waals surface area contributed by atoms with E-state index in [0.717, 1.165) is 29.7 Å². The molecule has 6 nitrogen and oxygen atoms in total. The Morgan fingerprint density at radius 3 is 2.68 bits per heavy atom. The zero-order chi connectivity index (χ0) is 20.1. The second-order valence-electron chi connectivity index (χ2n) is 6.18. The molecule has 1 aliphatic rings. The molecule has 3 rings (SSSR count). The fraction of sp³-hybridized carbons (Fsp3) is 0.286. The second-order valence-corrected chi connectivity index (χ2v) is 7.28. The predicted octanol–water partition coefficient (Wildman–Crippen LogP) is 3.97. The highest BCUT2D eigenvalue weighted by molar-refractivity contribution is 7.17. The summed E-state index contributed by atoms with van der Waals surface area (Å²) in [5.74, 6) is -0.300. The van der Waals surface area contributed by atoms with Gasteiger partial charge in [0, 0.05) is 4.88 Å². The second kappa shape index (κ2) is 8.72. The lowest BCUT2D eigenvalue weighted by Crippen LogP contribution is -2.16. The van der Waals surface area contributed by atoms with Crippen LogP contribution in [0.5, 0.6) is 5.75 Å². The standard InChI is InChI=1S/C21H20N2O4S/c1-3-27-21(25)18-16-5-4-6-17(16)28-20(18)23-19(24)14(12-22)11-13-7-9-15(26-2)10-8-13/h7-11H,3-6H2,1-2H3,(H,23,24)/b14-11-. The number of nitriles is 1. The minimum absolute atomic E-state index is 0.0477. The lowest BCUT2D eigenvalue weighted by Gasteiger charge is -2.07. The number of methoxy groups -OCH3 is 1. The van der Waals surface area contributed by atoms with Crippen molar-refractivity contribution in [3.8, 4) is 11.8 Å². The maximum absolute atomic E-state index is 12.7. The molecule has 0 aliphatic heterocycles. The molecule has 0 atom stereocenters. The molecule has 2 aromatic rings. The molecule has 1 aliphatic carbocycles.